The molecule has 0 saturated heterocycles. The van der Waals surface area contributed by atoms with Crippen molar-refractivity contribution in [1.29, 1.82) is 0 Å². The number of rotatable bonds is 5. The zero-order chi connectivity index (χ0) is 17.7. The van der Waals surface area contributed by atoms with E-state index in [-0.39, 0.29) is 11.7 Å². The zero-order valence-corrected chi connectivity index (χ0v) is 15.3. The Morgan fingerprint density at radius 1 is 1.25 bits per heavy atom. The van der Waals surface area contributed by atoms with E-state index in [1.807, 2.05) is 32.0 Å². The molecule has 1 atom stereocenters. The lowest BCUT2D eigenvalue weighted by Gasteiger charge is -2.14. The van der Waals surface area contributed by atoms with Gasteiger partial charge in [0, 0.05) is 10.0 Å². The fourth-order valence-corrected chi connectivity index (χ4v) is 2.52. The van der Waals surface area contributed by atoms with E-state index in [1.54, 1.807) is 25.1 Å². The number of amides is 1. The standard InChI is InChI=1S/C18H19BrN2O3/c1-11-6-12(2)8-16(7-11)24-13(3)18(23)21-20-10-14-9-15(19)4-5-17(14)22/h4-10,13,22H,1-3H3,(H,21,23)/b20-10+. The van der Waals surface area contributed by atoms with Crippen molar-refractivity contribution in [1.82, 2.24) is 5.43 Å². The number of nitrogens with zero attached hydrogens (tertiary/aromatic N) is 1. The normalized spacial score (nSPS) is 12.2. The highest BCUT2D eigenvalue weighted by molar-refractivity contribution is 9.10. The summed E-state index contributed by atoms with van der Waals surface area (Å²) in [6.45, 7) is 5.60. The Bertz CT molecular complexity index is 755. The number of hydrazone groups is 1. The molecule has 1 unspecified atom stereocenters. The molecule has 24 heavy (non-hydrogen) atoms. The molecule has 2 rings (SSSR count). The van der Waals surface area contributed by atoms with Crippen molar-refractivity contribution in [2.45, 2.75) is 26.9 Å². The maximum atomic E-state index is 12.0. The van der Waals surface area contributed by atoms with Gasteiger partial charge in [-0.1, -0.05) is 22.0 Å². The Labute approximate surface area is 149 Å². The highest BCUT2D eigenvalue weighted by Gasteiger charge is 2.14. The van der Waals surface area contributed by atoms with Gasteiger partial charge in [0.2, 0.25) is 0 Å². The van der Waals surface area contributed by atoms with Crippen molar-refractivity contribution in [2.24, 2.45) is 5.10 Å². The molecule has 0 spiro atoms. The van der Waals surface area contributed by atoms with Gasteiger partial charge in [-0.2, -0.15) is 5.10 Å². The summed E-state index contributed by atoms with van der Waals surface area (Å²) in [5.74, 6) is 0.347. The van der Waals surface area contributed by atoms with E-state index in [0.717, 1.165) is 15.6 Å². The first-order chi connectivity index (χ1) is 11.3. The Balaban J connectivity index is 1.96. The molecule has 0 aliphatic carbocycles. The second-order valence-corrected chi connectivity index (χ2v) is 6.44. The minimum Gasteiger partial charge on any atom is -0.507 e. The molecule has 0 saturated carbocycles. The number of aromatic hydroxyl groups is 1. The molecule has 5 nitrogen and oxygen atoms in total. The van der Waals surface area contributed by atoms with E-state index in [0.29, 0.717) is 11.3 Å². The van der Waals surface area contributed by atoms with Gasteiger partial charge >= 0.3 is 0 Å². The number of nitrogens with one attached hydrogen (secondary N) is 1. The molecule has 0 fully saturated rings. The Morgan fingerprint density at radius 2 is 1.92 bits per heavy atom. The first-order valence-electron chi connectivity index (χ1n) is 7.41. The quantitative estimate of drug-likeness (QED) is 0.603. The highest BCUT2D eigenvalue weighted by Crippen LogP contribution is 2.20. The van der Waals surface area contributed by atoms with Crippen molar-refractivity contribution < 1.29 is 14.6 Å². The fraction of sp³-hybridized carbons (Fsp3) is 0.222. The van der Waals surface area contributed by atoms with Crippen LogP contribution in [0.5, 0.6) is 11.5 Å². The molecule has 0 heterocycles. The van der Waals surface area contributed by atoms with Crippen LogP contribution < -0.4 is 10.2 Å². The molecular formula is C18H19BrN2O3. The van der Waals surface area contributed by atoms with Crippen LogP contribution in [0.3, 0.4) is 0 Å². The number of benzene rings is 2. The Kier molecular flexibility index (Phi) is 5.98. The smallest absolute Gasteiger partial charge is 0.280 e. The van der Waals surface area contributed by atoms with Crippen LogP contribution in [0.25, 0.3) is 0 Å². The molecule has 2 N–H and O–H groups in total. The summed E-state index contributed by atoms with van der Waals surface area (Å²) in [6.07, 6.45) is 0.682. The van der Waals surface area contributed by atoms with E-state index in [4.69, 9.17) is 4.74 Å². The number of hydrogen-bond donors (Lipinski definition) is 2. The van der Waals surface area contributed by atoms with Crippen molar-refractivity contribution in [3.05, 3.63) is 57.6 Å². The highest BCUT2D eigenvalue weighted by atomic mass is 79.9. The number of halogens is 1. The van der Waals surface area contributed by atoms with Gasteiger partial charge in [0.05, 0.1) is 6.21 Å². The van der Waals surface area contributed by atoms with E-state index in [9.17, 15) is 9.90 Å². The number of carbonyl (C=O) groups is 1. The van der Waals surface area contributed by atoms with Crippen molar-refractivity contribution in [2.75, 3.05) is 0 Å². The minimum atomic E-state index is -0.695. The number of carbonyl (C=O) groups excluding carboxylic acids is 1. The monoisotopic (exact) mass is 390 g/mol. The van der Waals surface area contributed by atoms with Crippen LogP contribution in [0.1, 0.15) is 23.6 Å². The molecule has 0 aliphatic rings. The summed E-state index contributed by atoms with van der Waals surface area (Å²) in [4.78, 5) is 12.0. The fourth-order valence-electron chi connectivity index (χ4n) is 2.14. The van der Waals surface area contributed by atoms with Crippen molar-refractivity contribution in [3.63, 3.8) is 0 Å². The van der Waals surface area contributed by atoms with Crippen LogP contribution in [0.15, 0.2) is 46.0 Å². The van der Waals surface area contributed by atoms with Crippen LogP contribution in [0.4, 0.5) is 0 Å². The maximum Gasteiger partial charge on any atom is 0.280 e. The second-order valence-electron chi connectivity index (χ2n) is 5.52. The largest absolute Gasteiger partial charge is 0.507 e. The van der Waals surface area contributed by atoms with Gasteiger partial charge in [-0.25, -0.2) is 5.43 Å². The van der Waals surface area contributed by atoms with Crippen LogP contribution in [0.2, 0.25) is 0 Å². The molecule has 0 bridgehead atoms. The average Bonchev–Trinajstić information content (AvgIpc) is 2.49. The van der Waals surface area contributed by atoms with Crippen molar-refractivity contribution in [3.8, 4) is 11.5 Å². The van der Waals surface area contributed by atoms with Crippen LogP contribution in [0, 0.1) is 13.8 Å². The Morgan fingerprint density at radius 3 is 2.58 bits per heavy atom. The predicted molar refractivity (Wildman–Crippen MR) is 97.5 cm³/mol. The predicted octanol–water partition coefficient (Wildman–Crippen LogP) is 3.69. The third kappa shape index (κ3) is 5.09. The molecule has 2 aromatic rings. The summed E-state index contributed by atoms with van der Waals surface area (Å²) in [5.41, 5.74) is 5.04. The Hall–Kier alpha value is -2.34. The van der Waals surface area contributed by atoms with Gasteiger partial charge in [0.25, 0.3) is 5.91 Å². The lowest BCUT2D eigenvalue weighted by atomic mass is 10.1. The molecule has 6 heteroatoms. The minimum absolute atomic E-state index is 0.0794. The van der Waals surface area contributed by atoms with Gasteiger partial charge in [-0.3, -0.25) is 4.79 Å². The van der Waals surface area contributed by atoms with E-state index >= 15 is 0 Å². The molecule has 0 aliphatic heterocycles. The first-order valence-corrected chi connectivity index (χ1v) is 8.21. The maximum absolute atomic E-state index is 12.0. The SMILES string of the molecule is Cc1cc(C)cc(OC(C)C(=O)N/N=C/c2cc(Br)ccc2O)c1. The van der Waals surface area contributed by atoms with Gasteiger partial charge in [-0.15, -0.1) is 0 Å². The average molecular weight is 391 g/mol. The number of hydrogen-bond acceptors (Lipinski definition) is 4. The van der Waals surface area contributed by atoms with Crippen molar-refractivity contribution >= 4 is 28.1 Å². The number of ether oxygens (including phenoxy) is 1. The molecule has 0 radical (unpaired) electrons. The molecule has 1 amide bonds. The summed E-state index contributed by atoms with van der Waals surface area (Å²) >= 11 is 3.31. The van der Waals surface area contributed by atoms with Gasteiger partial charge in [-0.05, 0) is 62.2 Å². The summed E-state index contributed by atoms with van der Waals surface area (Å²) < 4.78 is 6.45. The molecule has 0 aromatic heterocycles. The van der Waals surface area contributed by atoms with Crippen LogP contribution >= 0.6 is 15.9 Å². The summed E-state index contributed by atoms with van der Waals surface area (Å²) in [5, 5.41) is 13.6. The first kappa shape index (κ1) is 18.0. The van der Waals surface area contributed by atoms with Gasteiger partial charge in [0.15, 0.2) is 6.10 Å². The lowest BCUT2D eigenvalue weighted by molar-refractivity contribution is -0.127. The zero-order valence-electron chi connectivity index (χ0n) is 13.7. The van der Waals surface area contributed by atoms with E-state index in [2.05, 4.69) is 26.5 Å². The molecule has 126 valence electrons. The third-order valence-corrected chi connectivity index (χ3v) is 3.74. The van der Waals surface area contributed by atoms with E-state index in [1.165, 1.54) is 6.21 Å². The molecule has 2 aromatic carbocycles. The number of phenolic OH excluding ortho intramolecular Hbond substituents is 1. The van der Waals surface area contributed by atoms with Gasteiger partial charge in [0.1, 0.15) is 11.5 Å². The number of aryl methyl sites for hydroxylation is 2. The number of phenols is 1. The van der Waals surface area contributed by atoms with Gasteiger partial charge < -0.3 is 9.84 Å². The van der Waals surface area contributed by atoms with Crippen LogP contribution in [-0.2, 0) is 4.79 Å². The van der Waals surface area contributed by atoms with Crippen LogP contribution in [-0.4, -0.2) is 23.3 Å². The summed E-state index contributed by atoms with van der Waals surface area (Å²) in [6, 6.07) is 10.7. The third-order valence-electron chi connectivity index (χ3n) is 3.25. The molecular weight excluding hydrogens is 372 g/mol. The van der Waals surface area contributed by atoms with E-state index < -0.39 is 6.10 Å². The second kappa shape index (κ2) is 7.97. The topological polar surface area (TPSA) is 70.9 Å². The summed E-state index contributed by atoms with van der Waals surface area (Å²) in [7, 11) is 0. The lowest BCUT2D eigenvalue weighted by Crippen LogP contribution is -2.33.